The lowest BCUT2D eigenvalue weighted by Crippen LogP contribution is -2.66. The van der Waals surface area contributed by atoms with E-state index in [1.807, 2.05) is 13.8 Å². The highest BCUT2D eigenvalue weighted by atomic mass is 16.8. The van der Waals surface area contributed by atoms with Crippen LogP contribution in [0.5, 0.6) is 0 Å². The van der Waals surface area contributed by atoms with Crippen molar-refractivity contribution in [3.05, 3.63) is 0 Å². The average molecular weight is 646 g/mol. The van der Waals surface area contributed by atoms with E-state index in [9.17, 15) is 24.0 Å². The minimum Gasteiger partial charge on any atom is -0.463 e. The number of carbonyl (C=O) groups is 5. The second-order valence-corrected chi connectivity index (χ2v) is 12.3. The molecule has 2 unspecified atom stereocenters. The third-order valence-corrected chi connectivity index (χ3v) is 7.53. The predicted octanol–water partition coefficient (Wildman–Crippen LogP) is 0.405. The topological polar surface area (TPSA) is 190 Å². The Hall–Kier alpha value is -2.89. The fourth-order valence-corrected chi connectivity index (χ4v) is 5.97. The molecule has 0 aliphatic carbocycles. The van der Waals surface area contributed by atoms with Crippen LogP contribution in [0, 0.1) is 0 Å². The Morgan fingerprint density at radius 3 is 1.87 bits per heavy atom. The molecule has 4 rings (SSSR count). The third kappa shape index (κ3) is 8.89. The van der Waals surface area contributed by atoms with Crippen molar-refractivity contribution in [3.8, 4) is 0 Å². The van der Waals surface area contributed by atoms with Crippen LogP contribution in [0.3, 0.4) is 0 Å². The molecule has 0 spiro atoms. The van der Waals surface area contributed by atoms with Crippen LogP contribution < -0.4 is 5.32 Å². The van der Waals surface area contributed by atoms with E-state index in [0.717, 1.165) is 20.8 Å². The largest absolute Gasteiger partial charge is 0.463 e. The van der Waals surface area contributed by atoms with Crippen molar-refractivity contribution in [2.75, 3.05) is 13.2 Å². The lowest BCUT2D eigenvalue weighted by molar-refractivity contribution is -0.257. The van der Waals surface area contributed by atoms with Gasteiger partial charge in [0.15, 0.2) is 36.1 Å². The number of hydrogen-bond donors (Lipinski definition) is 1. The van der Waals surface area contributed by atoms with Crippen molar-refractivity contribution < 1.29 is 71.3 Å². The maximum absolute atomic E-state index is 13.3. The van der Waals surface area contributed by atoms with Gasteiger partial charge in [0.1, 0.15) is 37.1 Å². The maximum atomic E-state index is 13.3. The van der Waals surface area contributed by atoms with Gasteiger partial charge < -0.3 is 52.7 Å². The van der Waals surface area contributed by atoms with E-state index in [-0.39, 0.29) is 12.8 Å². The summed E-state index contributed by atoms with van der Waals surface area (Å²) in [4.78, 5) is 60.9. The smallest absolute Gasteiger partial charge is 0.303 e. The molecule has 16 heteroatoms. The summed E-state index contributed by atoms with van der Waals surface area (Å²) in [5.41, 5.74) is 0. The number of carbonyl (C=O) groups excluding carboxylic acids is 5. The van der Waals surface area contributed by atoms with Crippen LogP contribution >= 0.6 is 0 Å². The van der Waals surface area contributed by atoms with E-state index in [1.165, 1.54) is 6.92 Å². The first-order valence-corrected chi connectivity index (χ1v) is 14.9. The van der Waals surface area contributed by atoms with Crippen LogP contribution in [0.2, 0.25) is 0 Å². The Kier molecular flexibility index (Phi) is 10.8. The highest BCUT2D eigenvalue weighted by molar-refractivity contribution is 5.76. The molecule has 254 valence electrons. The molecular formula is C29H43NO15. The second kappa shape index (κ2) is 13.8. The van der Waals surface area contributed by atoms with Gasteiger partial charge in [-0.05, 0) is 34.1 Å². The summed E-state index contributed by atoms with van der Waals surface area (Å²) in [5, 5.41) is 2.66. The SMILES string of the molecule is CC(=O)OC[C@H]1O[C@H](NC(=O)CC[C@H]2O[C@H]([C@H]3COC(C)(C)O3)[C@@H]3OC(C)(C)O[C@@H]32)C(OC(C)=O)C(OC(C)=O)[C@H]1OC(C)=O. The van der Waals surface area contributed by atoms with Crippen molar-refractivity contribution in [1.82, 2.24) is 5.32 Å². The van der Waals surface area contributed by atoms with Gasteiger partial charge in [-0.2, -0.15) is 0 Å². The molecular weight excluding hydrogens is 602 g/mol. The molecule has 0 aromatic rings. The minimum atomic E-state index is -1.42. The molecule has 4 aliphatic heterocycles. The van der Waals surface area contributed by atoms with E-state index in [1.54, 1.807) is 13.8 Å². The average Bonchev–Trinajstić information content (AvgIpc) is 3.53. The molecule has 4 aliphatic rings. The highest BCUT2D eigenvalue weighted by Gasteiger charge is 2.59. The number of hydrogen-bond acceptors (Lipinski definition) is 15. The number of amides is 1. The first-order chi connectivity index (χ1) is 20.9. The summed E-state index contributed by atoms with van der Waals surface area (Å²) in [6, 6.07) is 0. The molecule has 0 saturated carbocycles. The zero-order valence-electron chi connectivity index (χ0n) is 26.7. The molecule has 0 radical (unpaired) electrons. The Morgan fingerprint density at radius 1 is 0.689 bits per heavy atom. The van der Waals surface area contributed by atoms with Crippen LogP contribution in [0.4, 0.5) is 0 Å². The number of rotatable bonds is 10. The highest BCUT2D eigenvalue weighted by Crippen LogP contribution is 2.43. The van der Waals surface area contributed by atoms with Crippen LogP contribution in [-0.2, 0) is 71.3 Å². The molecule has 4 saturated heterocycles. The van der Waals surface area contributed by atoms with E-state index in [2.05, 4.69) is 5.32 Å². The normalized spacial score (nSPS) is 36.4. The zero-order valence-corrected chi connectivity index (χ0v) is 26.7. The fourth-order valence-electron chi connectivity index (χ4n) is 5.97. The van der Waals surface area contributed by atoms with Gasteiger partial charge in [0.05, 0.1) is 12.7 Å². The lowest BCUT2D eigenvalue weighted by Gasteiger charge is -2.44. The summed E-state index contributed by atoms with van der Waals surface area (Å²) in [6.45, 7) is 11.6. The molecule has 45 heavy (non-hydrogen) atoms. The summed E-state index contributed by atoms with van der Waals surface area (Å²) < 4.78 is 57.5. The van der Waals surface area contributed by atoms with Crippen molar-refractivity contribution >= 4 is 29.8 Å². The number of esters is 4. The number of ether oxygens (including phenoxy) is 10. The van der Waals surface area contributed by atoms with Crippen molar-refractivity contribution in [2.45, 2.75) is 141 Å². The molecule has 1 N–H and O–H groups in total. The standard InChI is InChI=1S/C29H43NO15/c1-13(31)36-11-18-21(38-14(2)32)24(39-15(3)33)26(40-16(4)34)27(42-18)30-20(35)10-9-17-23-25(45-29(7,8)44-23)22(41-17)19-12-37-28(5,6)43-19/h17-19,21-27H,9-12H2,1-8H3,(H,30,35)/t17-,18-,19-,21+,22-,23-,24?,25+,26?,27+/m1/s1. The molecule has 10 atom stereocenters. The molecule has 16 nitrogen and oxygen atoms in total. The monoisotopic (exact) mass is 645 g/mol. The second-order valence-electron chi connectivity index (χ2n) is 12.3. The molecule has 1 amide bonds. The van der Waals surface area contributed by atoms with E-state index < -0.39 is 109 Å². The minimum absolute atomic E-state index is 0.0786. The first-order valence-electron chi connectivity index (χ1n) is 14.9. The van der Waals surface area contributed by atoms with Crippen LogP contribution in [0.15, 0.2) is 0 Å². The van der Waals surface area contributed by atoms with Crippen LogP contribution in [-0.4, -0.2) is 116 Å². The van der Waals surface area contributed by atoms with Gasteiger partial charge in [-0.1, -0.05) is 0 Å². The Balaban J connectivity index is 1.48. The fraction of sp³-hybridized carbons (Fsp3) is 0.828. The summed E-state index contributed by atoms with van der Waals surface area (Å²) in [7, 11) is 0. The maximum Gasteiger partial charge on any atom is 0.303 e. The summed E-state index contributed by atoms with van der Waals surface area (Å²) >= 11 is 0. The Labute approximate surface area is 260 Å². The van der Waals surface area contributed by atoms with Gasteiger partial charge in [-0.15, -0.1) is 0 Å². The van der Waals surface area contributed by atoms with Gasteiger partial charge in [-0.3, -0.25) is 24.0 Å². The van der Waals surface area contributed by atoms with Gasteiger partial charge in [-0.25, -0.2) is 0 Å². The quantitative estimate of drug-likeness (QED) is 0.254. The summed E-state index contributed by atoms with van der Waals surface area (Å²) in [5.74, 6) is -5.15. The first kappa shape index (κ1) is 35.0. The van der Waals surface area contributed by atoms with Crippen LogP contribution in [0.1, 0.15) is 68.2 Å². The molecule has 4 fully saturated rings. The van der Waals surface area contributed by atoms with E-state index >= 15 is 0 Å². The van der Waals surface area contributed by atoms with E-state index in [0.29, 0.717) is 6.61 Å². The Bertz CT molecular complexity index is 1140. The predicted molar refractivity (Wildman–Crippen MR) is 147 cm³/mol. The van der Waals surface area contributed by atoms with Gasteiger partial charge in [0.25, 0.3) is 0 Å². The van der Waals surface area contributed by atoms with Crippen molar-refractivity contribution in [1.29, 1.82) is 0 Å². The zero-order chi connectivity index (χ0) is 33.3. The van der Waals surface area contributed by atoms with Gasteiger partial charge in [0, 0.05) is 34.1 Å². The lowest BCUT2D eigenvalue weighted by atomic mass is 9.97. The number of nitrogens with one attached hydrogen (secondary N) is 1. The van der Waals surface area contributed by atoms with Gasteiger partial charge in [0.2, 0.25) is 5.91 Å². The van der Waals surface area contributed by atoms with Crippen LogP contribution in [0.25, 0.3) is 0 Å². The number of fused-ring (bicyclic) bond motifs is 1. The molecule has 0 bridgehead atoms. The molecule has 4 heterocycles. The van der Waals surface area contributed by atoms with Crippen molar-refractivity contribution in [2.24, 2.45) is 0 Å². The van der Waals surface area contributed by atoms with Gasteiger partial charge >= 0.3 is 23.9 Å². The summed E-state index contributed by atoms with van der Waals surface area (Å²) in [6.07, 6.45) is -8.94. The molecule has 0 aromatic carbocycles. The molecule has 0 aromatic heterocycles. The third-order valence-electron chi connectivity index (χ3n) is 7.53. The van der Waals surface area contributed by atoms with E-state index in [4.69, 9.17) is 47.4 Å². The Morgan fingerprint density at radius 2 is 1.29 bits per heavy atom. The van der Waals surface area contributed by atoms with Crippen molar-refractivity contribution in [3.63, 3.8) is 0 Å².